The van der Waals surface area contributed by atoms with Gasteiger partial charge in [-0.05, 0) is 90.7 Å². The molecule has 0 fully saturated rings. The summed E-state index contributed by atoms with van der Waals surface area (Å²) in [5.74, 6) is -0.579. The van der Waals surface area contributed by atoms with Crippen molar-refractivity contribution in [2.24, 2.45) is 5.92 Å². The highest BCUT2D eigenvalue weighted by atomic mass is 28.4. The van der Waals surface area contributed by atoms with Crippen LogP contribution in [0.4, 0.5) is 0 Å². The van der Waals surface area contributed by atoms with Crippen LogP contribution in [0, 0.1) is 5.92 Å². The summed E-state index contributed by atoms with van der Waals surface area (Å²) in [5.41, 5.74) is 0.559. The van der Waals surface area contributed by atoms with E-state index >= 15 is 0 Å². The molecule has 4 atom stereocenters. The van der Waals surface area contributed by atoms with Gasteiger partial charge in [-0.1, -0.05) is 142 Å². The van der Waals surface area contributed by atoms with E-state index in [0.717, 1.165) is 34.9 Å². The van der Waals surface area contributed by atoms with E-state index < -0.39 is 43.3 Å². The number of carbonyl (C=O) groups excluding carboxylic acids is 2. The van der Waals surface area contributed by atoms with E-state index in [1.807, 2.05) is 31.2 Å². The summed E-state index contributed by atoms with van der Waals surface area (Å²) < 4.78 is 28.1. The zero-order valence-electron chi connectivity index (χ0n) is 36.3. The lowest BCUT2D eigenvalue weighted by atomic mass is 9.92. The van der Waals surface area contributed by atoms with E-state index in [0.29, 0.717) is 18.4 Å². The molecule has 0 aliphatic rings. The zero-order valence-corrected chi connectivity index (χ0v) is 39.3. The molecule has 0 heterocycles. The Hall–Kier alpha value is -2.41. The summed E-state index contributed by atoms with van der Waals surface area (Å²) in [4.78, 5) is 27.5. The summed E-state index contributed by atoms with van der Waals surface area (Å²) >= 11 is 0. The molecule has 0 aromatic heterocycles. The molecule has 0 aliphatic heterocycles. The predicted molar refractivity (Wildman–Crippen MR) is 235 cm³/mol. The molecule has 0 saturated carbocycles. The van der Waals surface area contributed by atoms with Crippen molar-refractivity contribution in [1.82, 2.24) is 0 Å². The highest BCUT2D eigenvalue weighted by Crippen LogP contribution is 2.41. The first-order chi connectivity index (χ1) is 25.1. The minimum atomic E-state index is -2.96. The fraction of sp³-hybridized carbons (Fsp3) is 0.600. The fourth-order valence-corrected chi connectivity index (χ4v) is 15.9. The number of ether oxygens (including phenoxy) is 1. The van der Waals surface area contributed by atoms with Crippen LogP contribution in [0.15, 0.2) is 85.0 Å². The van der Waals surface area contributed by atoms with E-state index in [2.05, 4.69) is 137 Å². The quantitative estimate of drug-likeness (QED) is 0.0389. The van der Waals surface area contributed by atoms with Crippen LogP contribution in [-0.2, 0) is 27.6 Å². The van der Waals surface area contributed by atoms with Gasteiger partial charge in [0.1, 0.15) is 12.2 Å². The average molecular weight is 795 g/mol. The number of Topliss-reactive ketones (excluding diaryl/α,β-unsaturated/α-hetero) is 1. The summed E-state index contributed by atoms with van der Waals surface area (Å²) in [6, 6.07) is 23.8. The van der Waals surface area contributed by atoms with Crippen LogP contribution in [0.2, 0.25) is 41.3 Å². The lowest BCUT2D eigenvalue weighted by Crippen LogP contribution is -2.67. The molecule has 9 heteroatoms. The minimum absolute atomic E-state index is 0.0177. The molecule has 54 heavy (non-hydrogen) atoms. The SMILES string of the molecule is C=CCC/C=C(\C)C(=O)O[C@@H](CO[Si](c1ccccc1)(c1ccccc1)C(C)(C)C)C[C@@H](C)[C@@H](O[Si](C)(C)C(C)(C)C)[C@H](O[Si](CC)(CC)CC)C(C)=O. The highest BCUT2D eigenvalue weighted by molar-refractivity contribution is 6.99. The van der Waals surface area contributed by atoms with Gasteiger partial charge in [0, 0.05) is 5.57 Å². The maximum Gasteiger partial charge on any atom is 0.333 e. The lowest BCUT2D eigenvalue weighted by molar-refractivity contribution is -0.148. The number of hydrogen-bond donors (Lipinski definition) is 0. The first-order valence-electron chi connectivity index (χ1n) is 20.2. The third-order valence-corrected chi connectivity index (χ3v) is 25.9. The molecule has 0 saturated heterocycles. The zero-order chi connectivity index (χ0) is 41.0. The van der Waals surface area contributed by atoms with Crippen molar-refractivity contribution >= 4 is 47.1 Å². The van der Waals surface area contributed by atoms with Crippen LogP contribution >= 0.6 is 0 Å². The van der Waals surface area contributed by atoms with E-state index in [4.69, 9.17) is 18.0 Å². The van der Waals surface area contributed by atoms with Crippen molar-refractivity contribution in [2.75, 3.05) is 6.61 Å². The molecule has 2 aromatic rings. The van der Waals surface area contributed by atoms with Crippen molar-refractivity contribution in [3.05, 3.63) is 85.0 Å². The van der Waals surface area contributed by atoms with E-state index in [1.165, 1.54) is 0 Å². The predicted octanol–water partition coefficient (Wildman–Crippen LogP) is 10.8. The van der Waals surface area contributed by atoms with Crippen molar-refractivity contribution in [1.29, 1.82) is 0 Å². The molecule has 6 nitrogen and oxygen atoms in total. The maximum absolute atomic E-state index is 13.8. The van der Waals surface area contributed by atoms with Gasteiger partial charge in [-0.2, -0.15) is 0 Å². The molecule has 302 valence electrons. The third-order valence-electron chi connectivity index (χ3n) is 11.8. The Morgan fingerprint density at radius 1 is 0.778 bits per heavy atom. The Bertz CT molecular complexity index is 1440. The van der Waals surface area contributed by atoms with Gasteiger partial charge in [-0.3, -0.25) is 4.79 Å². The second-order valence-electron chi connectivity index (χ2n) is 17.7. The Labute approximate surface area is 332 Å². The molecule has 2 aromatic carbocycles. The molecule has 0 radical (unpaired) electrons. The van der Waals surface area contributed by atoms with E-state index in [-0.39, 0.29) is 34.4 Å². The number of rotatable bonds is 22. The number of ketones is 1. The van der Waals surface area contributed by atoms with Crippen LogP contribution in [0.5, 0.6) is 0 Å². The Morgan fingerprint density at radius 2 is 1.28 bits per heavy atom. The molecule has 0 aliphatic carbocycles. The molecule has 2 rings (SSSR count). The second-order valence-corrected chi connectivity index (χ2v) is 31.5. The molecule has 0 bridgehead atoms. The van der Waals surface area contributed by atoms with Gasteiger partial charge in [0.05, 0.1) is 12.7 Å². The molecule has 0 N–H and O–H groups in total. The summed E-state index contributed by atoms with van der Waals surface area (Å²) in [5, 5.41) is 1.97. The number of carbonyl (C=O) groups is 2. The van der Waals surface area contributed by atoms with Crippen LogP contribution in [0.3, 0.4) is 0 Å². The Balaban J connectivity index is 2.75. The van der Waals surface area contributed by atoms with E-state index in [1.54, 1.807) is 6.92 Å². The number of allylic oxidation sites excluding steroid dienone is 2. The Morgan fingerprint density at radius 3 is 1.69 bits per heavy atom. The molecule has 0 amide bonds. The van der Waals surface area contributed by atoms with Crippen LogP contribution in [-0.4, -0.2) is 61.6 Å². The van der Waals surface area contributed by atoms with Crippen molar-refractivity contribution < 1.29 is 27.6 Å². The van der Waals surface area contributed by atoms with Crippen molar-refractivity contribution in [3.8, 4) is 0 Å². The highest BCUT2D eigenvalue weighted by Gasteiger charge is 2.51. The van der Waals surface area contributed by atoms with Gasteiger partial charge in [-0.25, -0.2) is 4.79 Å². The van der Waals surface area contributed by atoms with Gasteiger partial charge in [0.2, 0.25) is 0 Å². The number of hydrogen-bond acceptors (Lipinski definition) is 6. The van der Waals surface area contributed by atoms with Gasteiger partial charge in [-0.15, -0.1) is 6.58 Å². The summed E-state index contributed by atoms with van der Waals surface area (Å²) in [6.45, 7) is 34.0. The number of benzene rings is 2. The van der Waals surface area contributed by atoms with Gasteiger partial charge in [0.15, 0.2) is 22.4 Å². The lowest BCUT2D eigenvalue weighted by Gasteiger charge is -2.45. The van der Waals surface area contributed by atoms with Crippen molar-refractivity contribution in [2.45, 2.75) is 162 Å². The first-order valence-corrected chi connectivity index (χ1v) is 27.6. The summed E-state index contributed by atoms with van der Waals surface area (Å²) in [6.07, 6.45) is 3.85. The second kappa shape index (κ2) is 20.7. The topological polar surface area (TPSA) is 71.1 Å². The maximum atomic E-state index is 13.8. The molecular weight excluding hydrogens is 721 g/mol. The molecular formula is C45H74O6Si3. The van der Waals surface area contributed by atoms with Crippen molar-refractivity contribution in [3.63, 3.8) is 0 Å². The molecule has 0 unspecified atom stereocenters. The van der Waals surface area contributed by atoms with Gasteiger partial charge in [0.25, 0.3) is 8.32 Å². The van der Waals surface area contributed by atoms with Crippen LogP contribution in [0.1, 0.15) is 102 Å². The Kier molecular flexibility index (Phi) is 18.3. The first kappa shape index (κ1) is 47.7. The summed E-state index contributed by atoms with van der Waals surface area (Å²) in [7, 11) is -7.56. The van der Waals surface area contributed by atoms with Crippen LogP contribution in [0.25, 0.3) is 0 Å². The minimum Gasteiger partial charge on any atom is -0.457 e. The standard InChI is InChI=1S/C45H74O6Si3/c1-16-20-23-28-35(5)43(47)49-38(34-48-54(45(11,12)13,39-29-24-21-25-30-39)40-31-26-22-27-32-40)33-36(6)41(50-52(14,15)44(8,9)10)42(37(7)46)51-53(17-2,18-3)19-4/h16,21-22,24-32,36,38,41-42H,1,17-20,23,33-34H2,2-15H3/b35-28+/t36-,38-,41-,42-/m1/s1. The largest absolute Gasteiger partial charge is 0.457 e. The van der Waals surface area contributed by atoms with E-state index in [9.17, 15) is 9.59 Å². The third kappa shape index (κ3) is 12.3. The number of esters is 1. The number of unbranched alkanes of at least 4 members (excludes halogenated alkanes) is 1. The smallest absolute Gasteiger partial charge is 0.333 e. The normalized spacial score (nSPS) is 15.6. The van der Waals surface area contributed by atoms with Gasteiger partial charge < -0.3 is 18.0 Å². The monoisotopic (exact) mass is 794 g/mol. The van der Waals surface area contributed by atoms with Gasteiger partial charge >= 0.3 is 5.97 Å². The molecule has 0 spiro atoms. The average Bonchev–Trinajstić information content (AvgIpc) is 3.11. The van der Waals surface area contributed by atoms with Crippen LogP contribution < -0.4 is 10.4 Å². The fourth-order valence-electron chi connectivity index (χ4n) is 7.07.